The maximum Gasteiger partial charge on any atom is 0.247 e. The number of amides is 3. The lowest BCUT2D eigenvalue weighted by atomic mass is 9.64. The second-order valence-electron chi connectivity index (χ2n) is 8.84. The highest BCUT2D eigenvalue weighted by atomic mass is 16.5. The molecule has 3 amide bonds. The van der Waals surface area contributed by atoms with Crippen LogP contribution in [0, 0.1) is 18.3 Å². The first kappa shape index (κ1) is 21.2. The molecule has 4 rings (SSSR count). The normalized spacial score (nSPS) is 23.7. The standard InChI is InChI=1S/C25H28N2O4/c1-17-9-11-19(12-10-17)27-23(29)20(22(28)26-13-15-31-16-14-26)21(25(2,3)24(27)30)18-7-5-4-6-8-18/h4-12,20-21H,13-16H2,1-3H3/t20-,21+/m1/s1. The van der Waals surface area contributed by atoms with E-state index in [1.165, 1.54) is 4.90 Å². The molecule has 0 spiro atoms. The van der Waals surface area contributed by atoms with E-state index >= 15 is 0 Å². The van der Waals surface area contributed by atoms with Gasteiger partial charge >= 0.3 is 0 Å². The number of anilines is 1. The number of nitrogens with zero attached hydrogens (tertiary/aromatic N) is 2. The van der Waals surface area contributed by atoms with Crippen molar-refractivity contribution in [2.45, 2.75) is 26.7 Å². The molecule has 0 aliphatic carbocycles. The molecule has 2 aromatic carbocycles. The molecule has 2 saturated heterocycles. The molecule has 2 aromatic rings. The second kappa shape index (κ2) is 8.27. The number of ether oxygens (including phenoxy) is 1. The van der Waals surface area contributed by atoms with Crippen molar-refractivity contribution in [1.82, 2.24) is 4.90 Å². The summed E-state index contributed by atoms with van der Waals surface area (Å²) in [6.07, 6.45) is 0. The number of carbonyl (C=O) groups is 3. The van der Waals surface area contributed by atoms with E-state index in [-0.39, 0.29) is 11.8 Å². The smallest absolute Gasteiger partial charge is 0.247 e. The lowest BCUT2D eigenvalue weighted by Gasteiger charge is -2.47. The van der Waals surface area contributed by atoms with Gasteiger partial charge in [-0.05, 0) is 24.6 Å². The number of benzene rings is 2. The molecule has 2 aliphatic heterocycles. The SMILES string of the molecule is Cc1ccc(N2C(=O)[C@@H](C(=O)N3CCOCC3)[C@H](c3ccccc3)C(C)(C)C2=O)cc1. The van der Waals surface area contributed by atoms with Gasteiger partial charge in [-0.2, -0.15) is 0 Å². The molecular weight excluding hydrogens is 392 g/mol. The number of piperidine rings is 1. The van der Waals surface area contributed by atoms with E-state index in [1.807, 2.05) is 63.2 Å². The summed E-state index contributed by atoms with van der Waals surface area (Å²) in [4.78, 5) is 44.0. The van der Waals surface area contributed by atoms with E-state index < -0.39 is 23.2 Å². The van der Waals surface area contributed by atoms with E-state index in [1.54, 1.807) is 17.0 Å². The minimum absolute atomic E-state index is 0.236. The highest BCUT2D eigenvalue weighted by Gasteiger charge is 2.57. The zero-order valence-electron chi connectivity index (χ0n) is 18.2. The number of morpholine rings is 1. The number of rotatable bonds is 3. The maximum absolute atomic E-state index is 13.8. The summed E-state index contributed by atoms with van der Waals surface area (Å²) in [5.41, 5.74) is 1.40. The molecule has 6 nitrogen and oxygen atoms in total. The Hall–Kier alpha value is -2.99. The van der Waals surface area contributed by atoms with Gasteiger partial charge in [-0.25, -0.2) is 4.90 Å². The number of hydrogen-bond donors (Lipinski definition) is 0. The van der Waals surface area contributed by atoms with Crippen molar-refractivity contribution in [3.63, 3.8) is 0 Å². The average molecular weight is 421 g/mol. The number of hydrogen-bond acceptors (Lipinski definition) is 4. The molecule has 162 valence electrons. The van der Waals surface area contributed by atoms with Crippen molar-refractivity contribution < 1.29 is 19.1 Å². The van der Waals surface area contributed by atoms with Crippen LogP contribution in [0.1, 0.15) is 30.9 Å². The van der Waals surface area contributed by atoms with Crippen LogP contribution >= 0.6 is 0 Å². The highest BCUT2D eigenvalue weighted by Crippen LogP contribution is 2.48. The van der Waals surface area contributed by atoms with Crippen LogP contribution in [0.2, 0.25) is 0 Å². The molecule has 0 bridgehead atoms. The number of imide groups is 1. The van der Waals surface area contributed by atoms with Crippen LogP contribution in [0.3, 0.4) is 0 Å². The van der Waals surface area contributed by atoms with Crippen LogP contribution in [-0.4, -0.2) is 48.9 Å². The molecule has 0 unspecified atom stereocenters. The van der Waals surface area contributed by atoms with Gasteiger partial charge in [-0.15, -0.1) is 0 Å². The Morgan fingerprint density at radius 2 is 1.58 bits per heavy atom. The Bertz CT molecular complexity index is 978. The quantitative estimate of drug-likeness (QED) is 0.565. The third kappa shape index (κ3) is 3.76. The summed E-state index contributed by atoms with van der Waals surface area (Å²) in [7, 11) is 0. The van der Waals surface area contributed by atoms with Crippen molar-refractivity contribution in [1.29, 1.82) is 0 Å². The largest absolute Gasteiger partial charge is 0.378 e. The minimum atomic E-state index is -0.977. The summed E-state index contributed by atoms with van der Waals surface area (Å²) in [5.74, 6) is -2.51. The predicted octanol–water partition coefficient (Wildman–Crippen LogP) is 3.15. The van der Waals surface area contributed by atoms with Gasteiger partial charge in [0, 0.05) is 19.0 Å². The van der Waals surface area contributed by atoms with Gasteiger partial charge in [0.05, 0.1) is 24.3 Å². The van der Waals surface area contributed by atoms with Gasteiger partial charge in [-0.3, -0.25) is 14.4 Å². The first-order valence-corrected chi connectivity index (χ1v) is 10.7. The van der Waals surface area contributed by atoms with Crippen molar-refractivity contribution in [3.8, 4) is 0 Å². The molecule has 0 saturated carbocycles. The molecule has 2 atom stereocenters. The van der Waals surface area contributed by atoms with E-state index in [2.05, 4.69) is 0 Å². The van der Waals surface area contributed by atoms with Crippen molar-refractivity contribution in [3.05, 3.63) is 65.7 Å². The van der Waals surface area contributed by atoms with E-state index in [9.17, 15) is 14.4 Å². The molecular formula is C25H28N2O4. The molecule has 2 aliphatic rings. The lowest BCUT2D eigenvalue weighted by molar-refractivity contribution is -0.152. The summed E-state index contributed by atoms with van der Waals surface area (Å²) < 4.78 is 5.39. The van der Waals surface area contributed by atoms with Gasteiger partial charge < -0.3 is 9.64 Å². The van der Waals surface area contributed by atoms with Crippen LogP contribution < -0.4 is 4.90 Å². The lowest BCUT2D eigenvalue weighted by Crippen LogP contribution is -2.61. The Labute approximate surface area is 182 Å². The van der Waals surface area contributed by atoms with Gasteiger partial charge in [-0.1, -0.05) is 61.9 Å². The van der Waals surface area contributed by atoms with Crippen molar-refractivity contribution in [2.75, 3.05) is 31.2 Å². The van der Waals surface area contributed by atoms with Gasteiger partial charge in [0.25, 0.3) is 0 Å². The van der Waals surface area contributed by atoms with Crippen molar-refractivity contribution in [2.24, 2.45) is 11.3 Å². The maximum atomic E-state index is 13.8. The zero-order valence-corrected chi connectivity index (χ0v) is 18.2. The van der Waals surface area contributed by atoms with Crippen molar-refractivity contribution >= 4 is 23.4 Å². The van der Waals surface area contributed by atoms with Crippen LogP contribution in [0.25, 0.3) is 0 Å². The molecule has 0 N–H and O–H groups in total. The fraction of sp³-hybridized carbons (Fsp3) is 0.400. The van der Waals surface area contributed by atoms with Gasteiger partial charge in [0.15, 0.2) is 0 Å². The monoisotopic (exact) mass is 420 g/mol. The topological polar surface area (TPSA) is 66.9 Å². The average Bonchev–Trinajstić information content (AvgIpc) is 2.78. The van der Waals surface area contributed by atoms with E-state index in [0.29, 0.717) is 32.0 Å². The second-order valence-corrected chi connectivity index (χ2v) is 8.84. The zero-order chi connectivity index (χ0) is 22.2. The fourth-order valence-electron chi connectivity index (χ4n) is 4.66. The Morgan fingerprint density at radius 3 is 2.19 bits per heavy atom. The first-order valence-electron chi connectivity index (χ1n) is 10.7. The van der Waals surface area contributed by atoms with E-state index in [0.717, 1.165) is 11.1 Å². The van der Waals surface area contributed by atoms with Crippen LogP contribution in [0.4, 0.5) is 5.69 Å². The Balaban J connectivity index is 1.82. The summed E-state index contributed by atoms with van der Waals surface area (Å²) in [6, 6.07) is 16.7. The molecule has 31 heavy (non-hydrogen) atoms. The van der Waals surface area contributed by atoms with Crippen LogP contribution in [-0.2, 0) is 19.1 Å². The highest BCUT2D eigenvalue weighted by molar-refractivity contribution is 6.24. The number of aryl methyl sites for hydroxylation is 1. The minimum Gasteiger partial charge on any atom is -0.378 e. The molecule has 0 radical (unpaired) electrons. The van der Waals surface area contributed by atoms with Gasteiger partial charge in [0.2, 0.25) is 17.7 Å². The van der Waals surface area contributed by atoms with Crippen LogP contribution in [0.5, 0.6) is 0 Å². The van der Waals surface area contributed by atoms with E-state index in [4.69, 9.17) is 4.74 Å². The Morgan fingerprint density at radius 1 is 0.968 bits per heavy atom. The first-order chi connectivity index (χ1) is 14.8. The molecule has 6 heteroatoms. The molecule has 0 aromatic heterocycles. The summed E-state index contributed by atoms with van der Waals surface area (Å²) >= 11 is 0. The van der Waals surface area contributed by atoms with Crippen LogP contribution in [0.15, 0.2) is 54.6 Å². The van der Waals surface area contributed by atoms with Gasteiger partial charge in [0.1, 0.15) is 5.92 Å². The molecule has 2 fully saturated rings. The summed E-state index contributed by atoms with van der Waals surface area (Å²) in [6.45, 7) is 7.41. The fourth-order valence-corrected chi connectivity index (χ4v) is 4.66. The predicted molar refractivity (Wildman–Crippen MR) is 118 cm³/mol. The third-order valence-electron chi connectivity index (χ3n) is 6.39. The molecule has 2 heterocycles. The summed E-state index contributed by atoms with van der Waals surface area (Å²) in [5, 5.41) is 0. The third-order valence-corrected chi connectivity index (χ3v) is 6.39. The number of carbonyl (C=O) groups excluding carboxylic acids is 3. The Kier molecular flexibility index (Phi) is 5.67.